The molecular weight excluding hydrogens is 430 g/mol. The number of benzene rings is 2. The van der Waals surface area contributed by atoms with Gasteiger partial charge in [0.2, 0.25) is 21.8 Å². The Kier molecular flexibility index (Phi) is 7.75. The van der Waals surface area contributed by atoms with Gasteiger partial charge in [-0.1, -0.05) is 6.07 Å². The standard InChI is InChI=1S/C19H19N3O6S2/c1-12(19(26)22-13-5-7-16(8-6-13)30(20,27)28)29-15-4-2-3-14(11-15)21-17(23)9-10-18(24)25/h2-12H,1H3,(H,21,23)(H,22,26)(H,24,25)(H2,20,27,28)/b10-9+. The summed E-state index contributed by atoms with van der Waals surface area (Å²) in [5.74, 6) is -2.12. The van der Waals surface area contributed by atoms with Crippen LogP contribution in [0.5, 0.6) is 0 Å². The predicted molar refractivity (Wildman–Crippen MR) is 114 cm³/mol. The van der Waals surface area contributed by atoms with Gasteiger partial charge in [0, 0.05) is 28.4 Å². The van der Waals surface area contributed by atoms with E-state index in [1.807, 2.05) is 0 Å². The second-order valence-corrected chi connectivity index (χ2v) is 8.98. The molecule has 2 rings (SSSR count). The van der Waals surface area contributed by atoms with Crippen molar-refractivity contribution in [2.45, 2.75) is 22.0 Å². The number of carboxylic acid groups (broad SMARTS) is 1. The van der Waals surface area contributed by atoms with E-state index >= 15 is 0 Å². The number of carboxylic acids is 1. The first-order chi connectivity index (χ1) is 14.0. The normalized spacial score (nSPS) is 12.3. The lowest BCUT2D eigenvalue weighted by Gasteiger charge is -2.13. The molecule has 0 heterocycles. The van der Waals surface area contributed by atoms with E-state index in [1.165, 1.54) is 36.0 Å². The van der Waals surface area contributed by atoms with Crippen molar-refractivity contribution in [3.8, 4) is 0 Å². The fraction of sp³-hybridized carbons (Fsp3) is 0.105. The maximum Gasteiger partial charge on any atom is 0.328 e. The number of thioether (sulfide) groups is 1. The van der Waals surface area contributed by atoms with Crippen LogP contribution in [0.1, 0.15) is 6.92 Å². The summed E-state index contributed by atoms with van der Waals surface area (Å²) in [4.78, 5) is 35.2. The van der Waals surface area contributed by atoms with Crippen molar-refractivity contribution in [2.75, 3.05) is 10.6 Å². The molecule has 0 radical (unpaired) electrons. The number of primary sulfonamides is 1. The number of sulfonamides is 1. The molecular formula is C19H19N3O6S2. The molecule has 0 saturated carbocycles. The maximum absolute atomic E-state index is 12.4. The van der Waals surface area contributed by atoms with Gasteiger partial charge in [-0.15, -0.1) is 11.8 Å². The van der Waals surface area contributed by atoms with Crippen LogP contribution in [-0.2, 0) is 24.4 Å². The van der Waals surface area contributed by atoms with Crippen LogP contribution in [0.15, 0.2) is 70.5 Å². The van der Waals surface area contributed by atoms with E-state index in [-0.39, 0.29) is 10.8 Å². The number of anilines is 2. The number of carbonyl (C=O) groups is 3. The summed E-state index contributed by atoms with van der Waals surface area (Å²) in [6.07, 6.45) is 1.63. The highest BCUT2D eigenvalue weighted by atomic mass is 32.2. The zero-order valence-electron chi connectivity index (χ0n) is 15.7. The molecule has 2 aromatic rings. The van der Waals surface area contributed by atoms with Crippen LogP contribution >= 0.6 is 11.8 Å². The number of nitrogens with one attached hydrogen (secondary N) is 2. The number of hydrogen-bond donors (Lipinski definition) is 4. The smallest absolute Gasteiger partial charge is 0.328 e. The zero-order valence-corrected chi connectivity index (χ0v) is 17.4. The van der Waals surface area contributed by atoms with Crippen LogP contribution in [-0.4, -0.2) is 36.6 Å². The number of rotatable bonds is 8. The third kappa shape index (κ3) is 7.35. The molecule has 5 N–H and O–H groups in total. The van der Waals surface area contributed by atoms with E-state index in [2.05, 4.69) is 10.6 Å². The van der Waals surface area contributed by atoms with Crippen molar-refractivity contribution in [2.24, 2.45) is 5.14 Å². The van der Waals surface area contributed by atoms with Crippen molar-refractivity contribution in [3.05, 3.63) is 60.7 Å². The minimum absolute atomic E-state index is 0.0556. The minimum atomic E-state index is -3.81. The third-order valence-corrected chi connectivity index (χ3v) is 5.63. The first-order valence-electron chi connectivity index (χ1n) is 8.47. The number of carbonyl (C=O) groups excluding carboxylic acids is 2. The van der Waals surface area contributed by atoms with E-state index in [0.717, 1.165) is 12.2 Å². The number of amides is 2. The molecule has 0 aliphatic rings. The predicted octanol–water partition coefficient (Wildman–Crippen LogP) is 2.03. The second-order valence-electron chi connectivity index (χ2n) is 6.01. The SMILES string of the molecule is CC(Sc1cccc(NC(=O)/C=C/C(=O)O)c1)C(=O)Nc1ccc(S(N)(=O)=O)cc1. The summed E-state index contributed by atoms with van der Waals surface area (Å²) >= 11 is 1.25. The fourth-order valence-corrected chi connectivity index (χ4v) is 3.65. The molecule has 9 nitrogen and oxygen atoms in total. The van der Waals surface area contributed by atoms with Crippen LogP contribution in [0.2, 0.25) is 0 Å². The van der Waals surface area contributed by atoms with Crippen molar-refractivity contribution in [3.63, 3.8) is 0 Å². The first kappa shape index (κ1) is 23.1. The van der Waals surface area contributed by atoms with Crippen LogP contribution in [0.4, 0.5) is 11.4 Å². The molecule has 2 amide bonds. The van der Waals surface area contributed by atoms with Gasteiger partial charge in [-0.2, -0.15) is 0 Å². The molecule has 0 aliphatic heterocycles. The average Bonchev–Trinajstić information content (AvgIpc) is 2.66. The molecule has 0 spiro atoms. The van der Waals surface area contributed by atoms with Gasteiger partial charge in [0.15, 0.2) is 0 Å². The Labute approximate surface area is 177 Å². The highest BCUT2D eigenvalue weighted by Crippen LogP contribution is 2.26. The van der Waals surface area contributed by atoms with Crippen molar-refractivity contribution >= 4 is 50.9 Å². The topological polar surface area (TPSA) is 156 Å². The number of nitrogens with two attached hydrogens (primary N) is 1. The van der Waals surface area contributed by atoms with Crippen LogP contribution in [0.3, 0.4) is 0 Å². The summed E-state index contributed by atoms with van der Waals surface area (Å²) in [6.45, 7) is 1.69. The first-order valence-corrected chi connectivity index (χ1v) is 10.9. The molecule has 0 bridgehead atoms. The highest BCUT2D eigenvalue weighted by molar-refractivity contribution is 8.00. The Morgan fingerprint density at radius 2 is 1.70 bits per heavy atom. The van der Waals surface area contributed by atoms with E-state index in [1.54, 1.807) is 31.2 Å². The molecule has 30 heavy (non-hydrogen) atoms. The summed E-state index contributed by atoms with van der Waals surface area (Å²) in [7, 11) is -3.81. The van der Waals surface area contributed by atoms with Gasteiger partial charge >= 0.3 is 5.97 Å². The number of hydrogen-bond acceptors (Lipinski definition) is 6. The lowest BCUT2D eigenvalue weighted by Crippen LogP contribution is -2.22. The quantitative estimate of drug-likeness (QED) is 0.355. The second kappa shape index (κ2) is 10.1. The lowest BCUT2D eigenvalue weighted by molar-refractivity contribution is -0.131. The van der Waals surface area contributed by atoms with Gasteiger partial charge in [-0.25, -0.2) is 18.4 Å². The Bertz CT molecular complexity index is 1080. The summed E-state index contributed by atoms with van der Waals surface area (Å²) < 4.78 is 22.5. The van der Waals surface area contributed by atoms with Gasteiger partial charge in [0.05, 0.1) is 10.1 Å². The molecule has 2 aromatic carbocycles. The molecule has 0 saturated heterocycles. The lowest BCUT2D eigenvalue weighted by atomic mass is 10.3. The Balaban J connectivity index is 1.98. The molecule has 11 heteroatoms. The average molecular weight is 450 g/mol. The molecule has 0 aliphatic carbocycles. The van der Waals surface area contributed by atoms with Crippen molar-refractivity contribution < 1.29 is 27.9 Å². The number of aliphatic carboxylic acids is 1. The Hall–Kier alpha value is -3.15. The molecule has 0 fully saturated rings. The molecule has 0 aromatic heterocycles. The highest BCUT2D eigenvalue weighted by Gasteiger charge is 2.16. The van der Waals surface area contributed by atoms with Crippen molar-refractivity contribution in [1.82, 2.24) is 0 Å². The fourth-order valence-electron chi connectivity index (χ4n) is 2.21. The van der Waals surface area contributed by atoms with E-state index in [4.69, 9.17) is 10.2 Å². The van der Waals surface area contributed by atoms with Crippen molar-refractivity contribution in [1.29, 1.82) is 0 Å². The van der Waals surface area contributed by atoms with Crippen LogP contribution in [0.25, 0.3) is 0 Å². The van der Waals surface area contributed by atoms with Crippen LogP contribution in [0, 0.1) is 0 Å². The van der Waals surface area contributed by atoms with Gasteiger partial charge in [0.1, 0.15) is 0 Å². The maximum atomic E-state index is 12.4. The van der Waals surface area contributed by atoms with E-state index in [9.17, 15) is 22.8 Å². The third-order valence-electron chi connectivity index (χ3n) is 3.61. The Morgan fingerprint density at radius 1 is 1.03 bits per heavy atom. The summed E-state index contributed by atoms with van der Waals surface area (Å²) in [5.41, 5.74) is 0.873. The monoisotopic (exact) mass is 449 g/mol. The van der Waals surface area contributed by atoms with E-state index in [0.29, 0.717) is 16.3 Å². The molecule has 1 unspecified atom stereocenters. The molecule has 1 atom stereocenters. The van der Waals surface area contributed by atoms with E-state index < -0.39 is 27.1 Å². The zero-order chi connectivity index (χ0) is 22.3. The minimum Gasteiger partial charge on any atom is -0.478 e. The van der Waals surface area contributed by atoms with Gasteiger partial charge in [-0.3, -0.25) is 9.59 Å². The Morgan fingerprint density at radius 3 is 2.30 bits per heavy atom. The largest absolute Gasteiger partial charge is 0.478 e. The van der Waals surface area contributed by atoms with Gasteiger partial charge in [0.25, 0.3) is 0 Å². The van der Waals surface area contributed by atoms with Gasteiger partial charge < -0.3 is 15.7 Å². The summed E-state index contributed by atoms with van der Waals surface area (Å²) in [6, 6.07) is 12.2. The molecule has 158 valence electrons. The van der Waals surface area contributed by atoms with Gasteiger partial charge in [-0.05, 0) is 49.4 Å². The summed E-state index contributed by atoms with van der Waals surface area (Å²) in [5, 5.41) is 18.3. The van der Waals surface area contributed by atoms with Crippen LogP contribution < -0.4 is 15.8 Å².